The molecular formula is C13H22F3NO4S. The van der Waals surface area contributed by atoms with E-state index in [1.165, 1.54) is 0 Å². The lowest BCUT2D eigenvalue weighted by molar-refractivity contribution is -0.181. The van der Waals surface area contributed by atoms with Crippen molar-refractivity contribution in [3.8, 4) is 0 Å². The topological polar surface area (TPSA) is 83.5 Å². The molecule has 0 aromatic carbocycles. The number of nitrogens with one attached hydrogen (secondary N) is 1. The first kappa shape index (κ1) is 19.2. The summed E-state index contributed by atoms with van der Waals surface area (Å²) in [6.07, 6.45) is -4.86. The van der Waals surface area contributed by atoms with Crippen LogP contribution in [0.1, 0.15) is 46.0 Å². The molecule has 1 atom stereocenters. The van der Waals surface area contributed by atoms with Crippen LogP contribution in [0.5, 0.6) is 0 Å². The number of carbonyl (C=O) groups is 1. The Hall–Kier alpha value is -0.830. The predicted molar refractivity (Wildman–Crippen MR) is 74.7 cm³/mol. The number of hydrogen-bond donors (Lipinski definition) is 2. The summed E-state index contributed by atoms with van der Waals surface area (Å²) >= 11 is 0. The number of carboxylic acids is 1. The highest BCUT2D eigenvalue weighted by molar-refractivity contribution is 7.90. The molecule has 1 aliphatic rings. The number of sulfonamides is 1. The van der Waals surface area contributed by atoms with Crippen molar-refractivity contribution in [3.63, 3.8) is 0 Å². The van der Waals surface area contributed by atoms with Gasteiger partial charge in [-0.05, 0) is 38.0 Å². The molecule has 1 fully saturated rings. The Morgan fingerprint density at radius 3 is 2.09 bits per heavy atom. The second-order valence-electron chi connectivity index (χ2n) is 6.20. The molecule has 1 aliphatic carbocycles. The standard InChI is InChI=1S/C13H22F3NO4S/c1-8(2)7-11(12(18)19)17-22(20,21)10-5-3-9(4-6-10)13(14,15)16/h8-11,17H,3-7H2,1-2H3,(H,18,19)/t9?,10?,11-/m0/s1. The van der Waals surface area contributed by atoms with Gasteiger partial charge in [-0.15, -0.1) is 0 Å². The van der Waals surface area contributed by atoms with Crippen molar-refractivity contribution in [2.24, 2.45) is 11.8 Å². The SMILES string of the molecule is CC(C)C[C@H](NS(=O)(=O)C1CCC(C(F)(F)F)CC1)C(=O)O. The van der Waals surface area contributed by atoms with E-state index in [-0.39, 0.29) is 38.0 Å². The third-order valence-electron chi connectivity index (χ3n) is 3.89. The van der Waals surface area contributed by atoms with E-state index in [1.807, 2.05) is 0 Å². The molecule has 0 spiro atoms. The van der Waals surface area contributed by atoms with Crippen LogP contribution < -0.4 is 4.72 Å². The highest BCUT2D eigenvalue weighted by atomic mass is 32.2. The lowest BCUT2D eigenvalue weighted by Gasteiger charge is -2.30. The van der Waals surface area contributed by atoms with Gasteiger partial charge in [0.25, 0.3) is 0 Å². The molecule has 0 bridgehead atoms. The maximum atomic E-state index is 12.6. The molecule has 0 aliphatic heterocycles. The van der Waals surface area contributed by atoms with E-state index in [1.54, 1.807) is 13.8 Å². The average molecular weight is 345 g/mol. The summed E-state index contributed by atoms with van der Waals surface area (Å²) in [4.78, 5) is 11.1. The molecule has 2 N–H and O–H groups in total. The summed E-state index contributed by atoms with van der Waals surface area (Å²) in [6, 6.07) is -1.25. The van der Waals surface area contributed by atoms with Crippen molar-refractivity contribution < 1.29 is 31.5 Å². The quantitative estimate of drug-likeness (QED) is 0.775. The van der Waals surface area contributed by atoms with E-state index in [2.05, 4.69) is 4.72 Å². The Morgan fingerprint density at radius 1 is 1.23 bits per heavy atom. The minimum Gasteiger partial charge on any atom is -0.480 e. The van der Waals surface area contributed by atoms with Crippen LogP contribution in [0, 0.1) is 11.8 Å². The van der Waals surface area contributed by atoms with Crippen molar-refractivity contribution >= 4 is 16.0 Å². The van der Waals surface area contributed by atoms with Crippen LogP contribution in [0.4, 0.5) is 13.2 Å². The highest BCUT2D eigenvalue weighted by Gasteiger charge is 2.44. The normalized spacial score (nSPS) is 25.2. The number of aliphatic carboxylic acids is 1. The zero-order valence-corrected chi connectivity index (χ0v) is 13.4. The number of rotatable bonds is 6. The lowest BCUT2D eigenvalue weighted by Crippen LogP contribution is -2.47. The van der Waals surface area contributed by atoms with Gasteiger partial charge in [0.05, 0.1) is 11.2 Å². The largest absolute Gasteiger partial charge is 0.480 e. The second kappa shape index (κ2) is 7.16. The molecule has 1 rings (SSSR count). The minimum absolute atomic E-state index is 0.0234. The van der Waals surface area contributed by atoms with Gasteiger partial charge in [0, 0.05) is 0 Å². The highest BCUT2D eigenvalue weighted by Crippen LogP contribution is 2.39. The molecule has 0 radical (unpaired) electrons. The summed E-state index contributed by atoms with van der Waals surface area (Å²) in [5.41, 5.74) is 0. The molecule has 9 heteroatoms. The summed E-state index contributed by atoms with van der Waals surface area (Å²) in [6.45, 7) is 3.53. The van der Waals surface area contributed by atoms with Crippen molar-refractivity contribution in [1.82, 2.24) is 4.72 Å². The first-order chi connectivity index (χ1) is 9.93. The average Bonchev–Trinajstić information content (AvgIpc) is 2.36. The third-order valence-corrected chi connectivity index (χ3v) is 5.85. The van der Waals surface area contributed by atoms with Gasteiger partial charge in [0.1, 0.15) is 6.04 Å². The van der Waals surface area contributed by atoms with Gasteiger partial charge < -0.3 is 5.11 Å². The second-order valence-corrected chi connectivity index (χ2v) is 8.19. The fraction of sp³-hybridized carbons (Fsp3) is 0.923. The Balaban J connectivity index is 2.69. The fourth-order valence-corrected chi connectivity index (χ4v) is 4.34. The van der Waals surface area contributed by atoms with Crippen molar-refractivity contribution in [3.05, 3.63) is 0 Å². The lowest BCUT2D eigenvalue weighted by atomic mass is 9.88. The molecule has 130 valence electrons. The summed E-state index contributed by atoms with van der Waals surface area (Å²) in [5.74, 6) is -2.77. The zero-order chi connectivity index (χ0) is 17.1. The van der Waals surface area contributed by atoms with Gasteiger partial charge in [-0.25, -0.2) is 13.1 Å². The molecule has 0 unspecified atom stereocenters. The van der Waals surface area contributed by atoms with Crippen molar-refractivity contribution in [1.29, 1.82) is 0 Å². The van der Waals surface area contributed by atoms with E-state index < -0.39 is 39.4 Å². The monoisotopic (exact) mass is 345 g/mol. The predicted octanol–water partition coefficient (Wildman–Crippen LogP) is 2.53. The molecule has 0 heterocycles. The van der Waals surface area contributed by atoms with Crippen LogP contribution in [0.15, 0.2) is 0 Å². The van der Waals surface area contributed by atoms with E-state index in [0.29, 0.717) is 0 Å². The van der Waals surface area contributed by atoms with Gasteiger partial charge in [0.15, 0.2) is 0 Å². The summed E-state index contributed by atoms with van der Waals surface area (Å²) < 4.78 is 64.2. The molecule has 22 heavy (non-hydrogen) atoms. The molecule has 0 aromatic heterocycles. The van der Waals surface area contributed by atoms with Gasteiger partial charge in [-0.3, -0.25) is 4.79 Å². The van der Waals surface area contributed by atoms with Gasteiger partial charge in [-0.2, -0.15) is 13.2 Å². The van der Waals surface area contributed by atoms with Crippen molar-refractivity contribution in [2.75, 3.05) is 0 Å². The van der Waals surface area contributed by atoms with Gasteiger partial charge in [-0.1, -0.05) is 13.8 Å². The van der Waals surface area contributed by atoms with Crippen LogP contribution in [-0.2, 0) is 14.8 Å². The maximum Gasteiger partial charge on any atom is 0.391 e. The third kappa shape index (κ3) is 5.42. The molecule has 0 amide bonds. The minimum atomic E-state index is -4.30. The van der Waals surface area contributed by atoms with Crippen molar-refractivity contribution in [2.45, 2.75) is 63.4 Å². The Morgan fingerprint density at radius 2 is 1.73 bits per heavy atom. The molecule has 5 nitrogen and oxygen atoms in total. The molecular weight excluding hydrogens is 323 g/mol. The number of carboxylic acid groups (broad SMARTS) is 1. The van der Waals surface area contributed by atoms with E-state index in [9.17, 15) is 26.4 Å². The number of alkyl halides is 3. The van der Waals surface area contributed by atoms with E-state index in [0.717, 1.165) is 0 Å². The number of halogens is 3. The fourth-order valence-electron chi connectivity index (χ4n) is 2.67. The van der Waals surface area contributed by atoms with Gasteiger partial charge in [0.2, 0.25) is 10.0 Å². The maximum absolute atomic E-state index is 12.6. The first-order valence-corrected chi connectivity index (χ1v) is 8.78. The Bertz CT molecular complexity index is 482. The molecule has 0 saturated heterocycles. The smallest absolute Gasteiger partial charge is 0.391 e. The van der Waals surface area contributed by atoms with E-state index >= 15 is 0 Å². The van der Waals surface area contributed by atoms with Crippen LogP contribution in [0.25, 0.3) is 0 Å². The summed E-state index contributed by atoms with van der Waals surface area (Å²) in [5, 5.41) is 8.10. The number of hydrogen-bond acceptors (Lipinski definition) is 3. The molecule has 1 saturated carbocycles. The van der Waals surface area contributed by atoms with Crippen LogP contribution in [0.2, 0.25) is 0 Å². The summed E-state index contributed by atoms with van der Waals surface area (Å²) in [7, 11) is -3.94. The van der Waals surface area contributed by atoms with Crippen LogP contribution in [0.3, 0.4) is 0 Å². The molecule has 0 aromatic rings. The van der Waals surface area contributed by atoms with Crippen LogP contribution in [-0.4, -0.2) is 37.0 Å². The van der Waals surface area contributed by atoms with Crippen LogP contribution >= 0.6 is 0 Å². The zero-order valence-electron chi connectivity index (χ0n) is 12.6. The first-order valence-electron chi connectivity index (χ1n) is 7.24. The van der Waals surface area contributed by atoms with Gasteiger partial charge >= 0.3 is 12.1 Å². The Labute approximate surface area is 128 Å². The van der Waals surface area contributed by atoms with E-state index in [4.69, 9.17) is 5.11 Å². The Kier molecular flexibility index (Phi) is 6.26.